The molecule has 2 aromatic rings. The van der Waals surface area contributed by atoms with Gasteiger partial charge in [-0.05, 0) is 44.2 Å². The van der Waals surface area contributed by atoms with E-state index < -0.39 is 5.97 Å². The van der Waals surface area contributed by atoms with Crippen molar-refractivity contribution < 1.29 is 14.3 Å². The second-order valence-electron chi connectivity index (χ2n) is 7.03. The van der Waals surface area contributed by atoms with Crippen molar-refractivity contribution in [2.24, 2.45) is 0 Å². The summed E-state index contributed by atoms with van der Waals surface area (Å²) in [6, 6.07) is 9.10. The number of carbonyl (C=O) groups is 2. The van der Waals surface area contributed by atoms with E-state index in [1.807, 2.05) is 6.07 Å². The lowest BCUT2D eigenvalue weighted by Crippen LogP contribution is -2.49. The Kier molecular flexibility index (Phi) is 6.26. The first-order valence-electron chi connectivity index (χ1n) is 9.42. The van der Waals surface area contributed by atoms with Crippen LogP contribution in [0.25, 0.3) is 0 Å². The molecule has 1 aliphatic rings. The molecule has 0 radical (unpaired) electrons. The van der Waals surface area contributed by atoms with E-state index in [1.165, 1.54) is 7.11 Å². The van der Waals surface area contributed by atoms with E-state index in [-0.39, 0.29) is 5.91 Å². The monoisotopic (exact) mass is 382 g/mol. The maximum atomic E-state index is 12.7. The molecule has 0 aliphatic carbocycles. The van der Waals surface area contributed by atoms with Gasteiger partial charge in [0.25, 0.3) is 5.91 Å². The van der Waals surface area contributed by atoms with Gasteiger partial charge in [0.1, 0.15) is 0 Å². The highest BCUT2D eigenvalue weighted by molar-refractivity contribution is 6.06. The first-order valence-corrected chi connectivity index (χ1v) is 9.42. The Morgan fingerprint density at radius 1 is 1.04 bits per heavy atom. The molecule has 0 spiro atoms. The van der Waals surface area contributed by atoms with E-state index in [2.05, 4.69) is 33.9 Å². The Morgan fingerprint density at radius 3 is 2.32 bits per heavy atom. The van der Waals surface area contributed by atoms with Crippen LogP contribution in [0.3, 0.4) is 0 Å². The highest BCUT2D eigenvalue weighted by Gasteiger charge is 2.22. The fourth-order valence-corrected chi connectivity index (χ4v) is 3.33. The van der Waals surface area contributed by atoms with Crippen molar-refractivity contribution in [2.75, 3.05) is 43.5 Å². The summed E-state index contributed by atoms with van der Waals surface area (Å²) < 4.78 is 4.83. The van der Waals surface area contributed by atoms with Gasteiger partial charge < -0.3 is 15.0 Å². The van der Waals surface area contributed by atoms with E-state index in [0.29, 0.717) is 22.9 Å². The molecular formula is C21H26N4O3. The summed E-state index contributed by atoms with van der Waals surface area (Å²) in [6.45, 7) is 8.01. The first kappa shape index (κ1) is 19.8. The molecule has 1 aliphatic heterocycles. The number of hydrogen-bond acceptors (Lipinski definition) is 6. The van der Waals surface area contributed by atoms with Crippen LogP contribution in [0.4, 0.5) is 11.4 Å². The van der Waals surface area contributed by atoms with Crippen molar-refractivity contribution in [2.45, 2.75) is 19.9 Å². The third-order valence-corrected chi connectivity index (χ3v) is 4.99. The van der Waals surface area contributed by atoms with Crippen molar-refractivity contribution >= 4 is 23.3 Å². The molecule has 1 fully saturated rings. The van der Waals surface area contributed by atoms with Crippen LogP contribution in [0, 0.1) is 0 Å². The standard InChI is InChI=1S/C21H26N4O3/c1-15(2)24-10-12-25(13-11-24)19-5-4-17(21(27)28-3)14-18(19)23-20(26)16-6-8-22-9-7-16/h4-9,14-15H,10-13H2,1-3H3,(H,23,26). The number of benzene rings is 1. The maximum absolute atomic E-state index is 12.7. The summed E-state index contributed by atoms with van der Waals surface area (Å²) in [6.07, 6.45) is 3.15. The van der Waals surface area contributed by atoms with Gasteiger partial charge in [0, 0.05) is 50.2 Å². The van der Waals surface area contributed by atoms with Crippen molar-refractivity contribution in [1.29, 1.82) is 0 Å². The van der Waals surface area contributed by atoms with E-state index in [0.717, 1.165) is 31.9 Å². The van der Waals surface area contributed by atoms with Crippen LogP contribution in [0.2, 0.25) is 0 Å². The van der Waals surface area contributed by atoms with Gasteiger partial charge in [-0.2, -0.15) is 0 Å². The van der Waals surface area contributed by atoms with Crippen LogP contribution in [-0.2, 0) is 4.74 Å². The fraction of sp³-hybridized carbons (Fsp3) is 0.381. The molecule has 0 bridgehead atoms. The Labute approximate surface area is 165 Å². The minimum atomic E-state index is -0.435. The molecule has 7 heteroatoms. The number of hydrogen-bond donors (Lipinski definition) is 1. The number of carbonyl (C=O) groups excluding carboxylic acids is 2. The molecule has 7 nitrogen and oxygen atoms in total. The highest BCUT2D eigenvalue weighted by atomic mass is 16.5. The van der Waals surface area contributed by atoms with Crippen molar-refractivity contribution in [3.63, 3.8) is 0 Å². The molecule has 0 unspecified atom stereocenters. The van der Waals surface area contributed by atoms with Gasteiger partial charge in [-0.25, -0.2) is 4.79 Å². The van der Waals surface area contributed by atoms with Gasteiger partial charge >= 0.3 is 5.97 Å². The third-order valence-electron chi connectivity index (χ3n) is 4.99. The topological polar surface area (TPSA) is 74.8 Å². The molecule has 0 atom stereocenters. The van der Waals surface area contributed by atoms with Gasteiger partial charge in [-0.15, -0.1) is 0 Å². The zero-order valence-corrected chi connectivity index (χ0v) is 16.5. The number of anilines is 2. The molecule has 1 aromatic carbocycles. The second kappa shape index (κ2) is 8.84. The highest BCUT2D eigenvalue weighted by Crippen LogP contribution is 2.29. The lowest BCUT2D eigenvalue weighted by atomic mass is 10.1. The number of nitrogens with one attached hydrogen (secondary N) is 1. The number of methoxy groups -OCH3 is 1. The van der Waals surface area contributed by atoms with Gasteiger partial charge in [0.05, 0.1) is 24.0 Å². The lowest BCUT2D eigenvalue weighted by Gasteiger charge is -2.38. The first-order chi connectivity index (χ1) is 13.5. The van der Waals surface area contributed by atoms with Gasteiger partial charge in [-0.3, -0.25) is 14.7 Å². The maximum Gasteiger partial charge on any atom is 0.337 e. The minimum Gasteiger partial charge on any atom is -0.465 e. The summed E-state index contributed by atoms with van der Waals surface area (Å²) in [7, 11) is 1.34. The molecule has 1 N–H and O–H groups in total. The largest absolute Gasteiger partial charge is 0.465 e. The average molecular weight is 382 g/mol. The molecule has 148 valence electrons. The number of ether oxygens (including phenoxy) is 1. The summed E-state index contributed by atoms with van der Waals surface area (Å²) in [4.78, 5) is 33.2. The molecule has 1 aromatic heterocycles. The lowest BCUT2D eigenvalue weighted by molar-refractivity contribution is 0.0600. The Morgan fingerprint density at radius 2 is 1.71 bits per heavy atom. The van der Waals surface area contributed by atoms with Crippen molar-refractivity contribution in [3.05, 3.63) is 53.9 Å². The van der Waals surface area contributed by atoms with Crippen LogP contribution >= 0.6 is 0 Å². The number of amides is 1. The smallest absolute Gasteiger partial charge is 0.337 e. The Bertz CT molecular complexity index is 831. The van der Waals surface area contributed by atoms with Crippen LogP contribution in [0.5, 0.6) is 0 Å². The molecule has 28 heavy (non-hydrogen) atoms. The number of piperazine rings is 1. The summed E-state index contributed by atoms with van der Waals surface area (Å²) in [5, 5.41) is 2.95. The quantitative estimate of drug-likeness (QED) is 0.802. The second-order valence-corrected chi connectivity index (χ2v) is 7.03. The molecule has 2 heterocycles. The van der Waals surface area contributed by atoms with Crippen LogP contribution in [0.15, 0.2) is 42.7 Å². The minimum absolute atomic E-state index is 0.244. The number of nitrogens with zero attached hydrogens (tertiary/aromatic N) is 3. The molecule has 0 saturated carbocycles. The van der Waals surface area contributed by atoms with Gasteiger partial charge in [0.2, 0.25) is 0 Å². The number of aromatic nitrogens is 1. The van der Waals surface area contributed by atoms with Gasteiger partial charge in [0.15, 0.2) is 0 Å². The van der Waals surface area contributed by atoms with Gasteiger partial charge in [-0.1, -0.05) is 0 Å². The average Bonchev–Trinajstić information content (AvgIpc) is 2.73. The van der Waals surface area contributed by atoms with E-state index in [4.69, 9.17) is 4.74 Å². The van der Waals surface area contributed by atoms with Crippen LogP contribution in [-0.4, -0.2) is 61.1 Å². The zero-order chi connectivity index (χ0) is 20.1. The summed E-state index contributed by atoms with van der Waals surface area (Å²) in [5.74, 6) is -0.679. The Balaban J connectivity index is 1.87. The van der Waals surface area contributed by atoms with E-state index >= 15 is 0 Å². The normalized spacial score (nSPS) is 14.8. The number of rotatable bonds is 5. The molecule has 1 amide bonds. The number of esters is 1. The van der Waals surface area contributed by atoms with E-state index in [1.54, 1.807) is 36.7 Å². The summed E-state index contributed by atoms with van der Waals surface area (Å²) in [5.41, 5.74) is 2.41. The van der Waals surface area contributed by atoms with Crippen molar-refractivity contribution in [1.82, 2.24) is 9.88 Å². The molecular weight excluding hydrogens is 356 g/mol. The number of pyridine rings is 1. The SMILES string of the molecule is COC(=O)c1ccc(N2CCN(C(C)C)CC2)c(NC(=O)c2ccncc2)c1. The van der Waals surface area contributed by atoms with Crippen molar-refractivity contribution in [3.8, 4) is 0 Å². The zero-order valence-electron chi connectivity index (χ0n) is 16.5. The molecule has 1 saturated heterocycles. The molecule has 3 rings (SSSR count). The predicted octanol–water partition coefficient (Wildman–Crippen LogP) is 2.65. The summed E-state index contributed by atoms with van der Waals surface area (Å²) >= 11 is 0. The Hall–Kier alpha value is -2.93. The fourth-order valence-electron chi connectivity index (χ4n) is 3.33. The van der Waals surface area contributed by atoms with E-state index in [9.17, 15) is 9.59 Å². The predicted molar refractivity (Wildman–Crippen MR) is 109 cm³/mol. The third kappa shape index (κ3) is 4.48. The van der Waals surface area contributed by atoms with Crippen LogP contribution < -0.4 is 10.2 Å². The van der Waals surface area contributed by atoms with Crippen LogP contribution in [0.1, 0.15) is 34.6 Å².